The van der Waals surface area contributed by atoms with Crippen LogP contribution in [-0.2, 0) is 4.52 Å². The molecule has 0 aliphatic rings. The van der Waals surface area contributed by atoms with Crippen LogP contribution in [-0.4, -0.2) is 6.61 Å². The molecule has 0 spiro atoms. The van der Waals surface area contributed by atoms with E-state index in [9.17, 15) is 9.79 Å². The Morgan fingerprint density at radius 3 is 2.10 bits per heavy atom. The first kappa shape index (κ1) is 18.2. The van der Waals surface area contributed by atoms with E-state index in [2.05, 4.69) is 4.52 Å². The van der Waals surface area contributed by atoms with E-state index in [0.29, 0.717) is 6.61 Å². The average Bonchev–Trinajstić information content (AvgIpc) is 1.66. The molecule has 0 saturated heterocycles. The molecule has 0 aromatic heterocycles. The van der Waals surface area contributed by atoms with Gasteiger partial charge >= 0.3 is 59.1 Å². The largest absolute Gasteiger partial charge is 1.00 e. The van der Waals surface area contributed by atoms with Gasteiger partial charge in [-0.25, -0.2) is 0 Å². The molecule has 0 fully saturated rings. The molecule has 0 bridgehead atoms. The minimum Gasteiger partial charge on any atom is -0.820 e. The van der Waals surface area contributed by atoms with Crippen LogP contribution in [0.5, 0.6) is 0 Å². The summed E-state index contributed by atoms with van der Waals surface area (Å²) >= 11 is 0. The van der Waals surface area contributed by atoms with Gasteiger partial charge < -0.3 is 14.3 Å². The maximum atomic E-state index is 9.69. The first-order valence-corrected chi connectivity index (χ1v) is 3.64. The average molecular weight is 182 g/mol. The Balaban J connectivity index is -0.000000245. The van der Waals surface area contributed by atoms with E-state index in [1.54, 1.807) is 0 Å². The SMILES string of the molecule is CCCCOP([O-])[O-].[Na+].[Na+]. The molecule has 0 amide bonds. The molecule has 0 unspecified atom stereocenters. The standard InChI is InChI=1S/C4H9O3P.2Na/c1-2-3-4-7-8(5)6;;/h2-4H2,1H3;;/q-2;2*+1. The second-order valence-electron chi connectivity index (χ2n) is 1.41. The van der Waals surface area contributed by atoms with E-state index >= 15 is 0 Å². The third kappa shape index (κ3) is 16.7. The van der Waals surface area contributed by atoms with Gasteiger partial charge in [-0.2, -0.15) is 8.60 Å². The van der Waals surface area contributed by atoms with Crippen LogP contribution in [0, 0.1) is 0 Å². The van der Waals surface area contributed by atoms with Crippen molar-refractivity contribution in [2.75, 3.05) is 6.61 Å². The molecular weight excluding hydrogens is 173 g/mol. The van der Waals surface area contributed by atoms with Crippen LogP contribution in [0.1, 0.15) is 19.8 Å². The number of unbranched alkanes of at least 4 members (excludes halogenated alkanes) is 1. The van der Waals surface area contributed by atoms with Gasteiger partial charge in [0.2, 0.25) is 0 Å². The third-order valence-corrected chi connectivity index (χ3v) is 1.09. The maximum Gasteiger partial charge on any atom is 1.00 e. The summed E-state index contributed by atoms with van der Waals surface area (Å²) in [6, 6.07) is 0. The minimum atomic E-state index is -2.61. The summed E-state index contributed by atoms with van der Waals surface area (Å²) < 4.78 is 4.24. The molecule has 6 heteroatoms. The third-order valence-electron chi connectivity index (χ3n) is 0.695. The molecule has 50 valence electrons. The molecule has 0 aliphatic heterocycles. The molecule has 0 saturated carbocycles. The summed E-state index contributed by atoms with van der Waals surface area (Å²) in [6.45, 7) is 2.30. The summed E-state index contributed by atoms with van der Waals surface area (Å²) in [5.74, 6) is 0. The van der Waals surface area contributed by atoms with Crippen LogP contribution >= 0.6 is 8.60 Å². The van der Waals surface area contributed by atoms with E-state index in [4.69, 9.17) is 0 Å². The van der Waals surface area contributed by atoms with Gasteiger partial charge in [0.1, 0.15) is 0 Å². The second kappa shape index (κ2) is 13.9. The quantitative estimate of drug-likeness (QED) is 0.247. The number of hydrogen-bond acceptors (Lipinski definition) is 3. The Morgan fingerprint density at radius 2 is 1.80 bits per heavy atom. The van der Waals surface area contributed by atoms with Crippen molar-refractivity contribution in [2.24, 2.45) is 0 Å². The van der Waals surface area contributed by atoms with Crippen molar-refractivity contribution < 1.29 is 73.4 Å². The fraction of sp³-hybridized carbons (Fsp3) is 1.00. The summed E-state index contributed by atoms with van der Waals surface area (Å²) in [6.07, 6.45) is 1.77. The minimum absolute atomic E-state index is 0. The number of rotatable bonds is 4. The number of hydrogen-bond donors (Lipinski definition) is 0. The van der Waals surface area contributed by atoms with Gasteiger partial charge in [0, 0.05) is 6.61 Å². The zero-order valence-electron chi connectivity index (χ0n) is 6.79. The maximum absolute atomic E-state index is 9.69. The molecule has 0 aromatic rings. The van der Waals surface area contributed by atoms with Gasteiger partial charge in [-0.1, -0.05) is 13.3 Å². The van der Waals surface area contributed by atoms with Crippen LogP contribution in [0.15, 0.2) is 0 Å². The summed E-state index contributed by atoms with van der Waals surface area (Å²) in [5.41, 5.74) is 0. The van der Waals surface area contributed by atoms with E-state index in [-0.39, 0.29) is 59.1 Å². The van der Waals surface area contributed by atoms with Crippen molar-refractivity contribution in [1.82, 2.24) is 0 Å². The smallest absolute Gasteiger partial charge is 0.820 e. The predicted molar refractivity (Wildman–Crippen MR) is 27.8 cm³/mol. The van der Waals surface area contributed by atoms with E-state index < -0.39 is 8.60 Å². The molecule has 0 rings (SSSR count). The molecule has 0 aromatic carbocycles. The second-order valence-corrected chi connectivity index (χ2v) is 2.12. The Bertz CT molecular complexity index is 55.8. The van der Waals surface area contributed by atoms with Crippen LogP contribution < -0.4 is 68.9 Å². The van der Waals surface area contributed by atoms with Crippen LogP contribution in [0.4, 0.5) is 0 Å². The van der Waals surface area contributed by atoms with Crippen molar-refractivity contribution in [3.05, 3.63) is 0 Å². The Kier molecular flexibility index (Phi) is 25.2. The molecule has 0 radical (unpaired) electrons. The summed E-state index contributed by atoms with van der Waals surface area (Å²) in [4.78, 5) is 19.4. The van der Waals surface area contributed by atoms with Crippen molar-refractivity contribution in [3.63, 3.8) is 0 Å². The van der Waals surface area contributed by atoms with Gasteiger partial charge in [-0.15, -0.1) is 0 Å². The summed E-state index contributed by atoms with van der Waals surface area (Å²) in [7, 11) is -2.61. The van der Waals surface area contributed by atoms with Gasteiger partial charge in [-0.3, -0.25) is 0 Å². The topological polar surface area (TPSA) is 55.3 Å². The Hall–Kier alpha value is 2.31. The fourth-order valence-electron chi connectivity index (χ4n) is 0.283. The molecule has 0 heterocycles. The normalized spacial score (nSPS) is 8.40. The van der Waals surface area contributed by atoms with E-state index in [0.717, 1.165) is 12.8 Å². The fourth-order valence-corrected chi connectivity index (χ4v) is 0.562. The monoisotopic (exact) mass is 182 g/mol. The molecular formula is C4H9Na2O3P. The molecule has 3 nitrogen and oxygen atoms in total. The van der Waals surface area contributed by atoms with Gasteiger partial charge in [0.05, 0.1) is 0 Å². The molecule has 0 aliphatic carbocycles. The van der Waals surface area contributed by atoms with E-state index in [1.807, 2.05) is 6.92 Å². The van der Waals surface area contributed by atoms with Gasteiger partial charge in [0.15, 0.2) is 0 Å². The van der Waals surface area contributed by atoms with Crippen LogP contribution in [0.2, 0.25) is 0 Å². The zero-order chi connectivity index (χ0) is 6.41. The van der Waals surface area contributed by atoms with Crippen molar-refractivity contribution >= 4 is 8.60 Å². The van der Waals surface area contributed by atoms with Crippen molar-refractivity contribution in [1.29, 1.82) is 0 Å². The van der Waals surface area contributed by atoms with Crippen LogP contribution in [0.25, 0.3) is 0 Å². The zero-order valence-corrected chi connectivity index (χ0v) is 11.7. The Labute approximate surface area is 107 Å². The summed E-state index contributed by atoms with van der Waals surface area (Å²) in [5, 5.41) is 0. The van der Waals surface area contributed by atoms with Crippen molar-refractivity contribution in [2.45, 2.75) is 19.8 Å². The predicted octanol–water partition coefficient (Wildman–Crippen LogP) is -6.24. The first-order valence-electron chi connectivity index (χ1n) is 2.54. The molecule has 0 atom stereocenters. The van der Waals surface area contributed by atoms with Crippen molar-refractivity contribution in [3.8, 4) is 0 Å². The van der Waals surface area contributed by atoms with Gasteiger partial charge in [0.25, 0.3) is 0 Å². The van der Waals surface area contributed by atoms with Gasteiger partial charge in [-0.05, 0) is 6.42 Å². The molecule has 0 N–H and O–H groups in total. The first-order chi connectivity index (χ1) is 3.77. The molecule has 10 heavy (non-hydrogen) atoms. The van der Waals surface area contributed by atoms with E-state index in [1.165, 1.54) is 0 Å². The Morgan fingerprint density at radius 1 is 1.30 bits per heavy atom. The van der Waals surface area contributed by atoms with Crippen LogP contribution in [0.3, 0.4) is 0 Å².